The predicted molar refractivity (Wildman–Crippen MR) is 112 cm³/mol. The summed E-state index contributed by atoms with van der Waals surface area (Å²) in [5, 5.41) is 5.06. The lowest BCUT2D eigenvalue weighted by molar-refractivity contribution is 0.0458. The van der Waals surface area contributed by atoms with E-state index in [4.69, 9.17) is 4.98 Å². The molecule has 2 unspecified atom stereocenters. The Morgan fingerprint density at radius 1 is 1.11 bits per heavy atom. The Bertz CT molecular complexity index is 962. The fourth-order valence-corrected chi connectivity index (χ4v) is 5.01. The number of nitrogens with zero attached hydrogens (tertiary/aromatic N) is 2. The molecule has 0 saturated carbocycles. The molecule has 6 rings (SSSR count). The van der Waals surface area contributed by atoms with Crippen LogP contribution in [-0.4, -0.2) is 40.0 Å². The van der Waals surface area contributed by atoms with Gasteiger partial charge in [0, 0.05) is 34.2 Å². The number of anilines is 1. The molecule has 3 aromatic rings. The normalized spacial score (nSPS) is 27.2. The van der Waals surface area contributed by atoms with Crippen molar-refractivity contribution in [2.24, 2.45) is 5.92 Å². The monoisotopic (exact) mass is 360 g/mol. The second-order valence-corrected chi connectivity index (χ2v) is 8.35. The Hall–Kier alpha value is -2.33. The molecule has 1 aromatic carbocycles. The second-order valence-electron chi connectivity index (χ2n) is 8.35. The number of aromatic amines is 1. The van der Waals surface area contributed by atoms with Crippen molar-refractivity contribution in [3.63, 3.8) is 0 Å². The van der Waals surface area contributed by atoms with Crippen LogP contribution in [-0.2, 0) is 0 Å². The Balaban J connectivity index is 1.38. The Morgan fingerprint density at radius 2 is 1.93 bits per heavy atom. The summed E-state index contributed by atoms with van der Waals surface area (Å²) in [5.74, 6) is 0.798. The fraction of sp³-hybridized carbons (Fsp3) is 0.435. The molecule has 4 nitrogen and oxygen atoms in total. The fourth-order valence-electron chi connectivity index (χ4n) is 5.01. The van der Waals surface area contributed by atoms with E-state index in [1.54, 1.807) is 0 Å². The second kappa shape index (κ2) is 6.38. The summed E-state index contributed by atoms with van der Waals surface area (Å²) in [6.07, 6.45) is 4.64. The molecule has 0 spiro atoms. The largest absolute Gasteiger partial charge is 0.379 e. The number of fused-ring (bicyclic) bond motifs is 4. The molecule has 0 radical (unpaired) electrons. The van der Waals surface area contributed by atoms with Crippen molar-refractivity contribution in [2.75, 3.05) is 18.4 Å². The SMILES string of the molecule is Cc1[nH]c2ccc(-c3ccc(NC4C5CCN(CC5)C4C)cn3)cc2c1C. The van der Waals surface area contributed by atoms with E-state index in [2.05, 4.69) is 66.3 Å². The third-order valence-electron chi connectivity index (χ3n) is 6.88. The van der Waals surface area contributed by atoms with Crippen LogP contribution in [0.1, 0.15) is 31.0 Å². The summed E-state index contributed by atoms with van der Waals surface area (Å²) in [7, 11) is 0. The zero-order chi connectivity index (χ0) is 18.5. The van der Waals surface area contributed by atoms with Gasteiger partial charge in [0.15, 0.2) is 0 Å². The van der Waals surface area contributed by atoms with Crippen LogP contribution in [0.25, 0.3) is 22.2 Å². The average Bonchev–Trinajstić information content (AvgIpc) is 2.99. The number of pyridine rings is 1. The van der Waals surface area contributed by atoms with Crippen LogP contribution in [0.15, 0.2) is 36.5 Å². The maximum Gasteiger partial charge on any atom is 0.0703 e. The summed E-state index contributed by atoms with van der Waals surface area (Å²) in [6, 6.07) is 12.0. The molecular formula is C23H28N4. The predicted octanol–water partition coefficient (Wildman–Crippen LogP) is 4.74. The minimum Gasteiger partial charge on any atom is -0.379 e. The van der Waals surface area contributed by atoms with Gasteiger partial charge in [-0.2, -0.15) is 0 Å². The van der Waals surface area contributed by atoms with E-state index in [0.717, 1.165) is 17.3 Å². The highest BCUT2D eigenvalue weighted by Gasteiger charge is 2.39. The lowest BCUT2D eigenvalue weighted by Gasteiger charge is -2.50. The molecule has 2 atom stereocenters. The van der Waals surface area contributed by atoms with E-state index in [-0.39, 0.29) is 0 Å². The molecule has 3 saturated heterocycles. The highest BCUT2D eigenvalue weighted by molar-refractivity contribution is 5.88. The molecule has 5 heterocycles. The van der Waals surface area contributed by atoms with Crippen LogP contribution in [0.5, 0.6) is 0 Å². The molecule has 2 N–H and O–H groups in total. The van der Waals surface area contributed by atoms with Gasteiger partial charge in [0.05, 0.1) is 17.6 Å². The number of aryl methyl sites for hydroxylation is 2. The van der Waals surface area contributed by atoms with Gasteiger partial charge in [-0.1, -0.05) is 6.07 Å². The zero-order valence-corrected chi connectivity index (χ0v) is 16.4. The molecule has 2 aromatic heterocycles. The number of hydrogen-bond donors (Lipinski definition) is 2. The van der Waals surface area contributed by atoms with E-state index in [0.29, 0.717) is 12.1 Å². The van der Waals surface area contributed by atoms with Crippen molar-refractivity contribution < 1.29 is 0 Å². The first-order chi connectivity index (χ1) is 13.1. The number of nitrogens with one attached hydrogen (secondary N) is 2. The van der Waals surface area contributed by atoms with E-state index < -0.39 is 0 Å². The standard InChI is InChI=1S/C23H28N4/c1-14-15(2)25-22-6-4-18(12-20(14)22)21-7-5-19(13-24-21)26-23-16(3)27-10-8-17(23)9-11-27/h4-7,12-13,16-17,23,25-26H,8-11H2,1-3H3. The van der Waals surface area contributed by atoms with Crippen molar-refractivity contribution in [1.82, 2.24) is 14.9 Å². The quantitative estimate of drug-likeness (QED) is 0.709. The maximum absolute atomic E-state index is 4.76. The summed E-state index contributed by atoms with van der Waals surface area (Å²) in [6.45, 7) is 9.20. The molecule has 3 fully saturated rings. The van der Waals surface area contributed by atoms with Crippen LogP contribution in [0.3, 0.4) is 0 Å². The van der Waals surface area contributed by atoms with Crippen molar-refractivity contribution in [1.29, 1.82) is 0 Å². The van der Waals surface area contributed by atoms with Gasteiger partial charge in [-0.25, -0.2) is 0 Å². The van der Waals surface area contributed by atoms with Crippen molar-refractivity contribution in [3.8, 4) is 11.3 Å². The Labute approximate surface area is 161 Å². The lowest BCUT2D eigenvalue weighted by atomic mass is 9.79. The van der Waals surface area contributed by atoms with Crippen LogP contribution < -0.4 is 5.32 Å². The molecule has 140 valence electrons. The van der Waals surface area contributed by atoms with E-state index in [9.17, 15) is 0 Å². The van der Waals surface area contributed by atoms with Gasteiger partial charge < -0.3 is 10.3 Å². The molecule has 0 aliphatic carbocycles. The number of rotatable bonds is 3. The summed E-state index contributed by atoms with van der Waals surface area (Å²) in [4.78, 5) is 10.8. The molecule has 27 heavy (non-hydrogen) atoms. The minimum atomic E-state index is 0.544. The summed E-state index contributed by atoms with van der Waals surface area (Å²) in [5.41, 5.74) is 7.10. The lowest BCUT2D eigenvalue weighted by Crippen LogP contribution is -2.59. The minimum absolute atomic E-state index is 0.544. The first-order valence-corrected chi connectivity index (χ1v) is 10.2. The molecular weight excluding hydrogens is 332 g/mol. The van der Waals surface area contributed by atoms with Gasteiger partial charge in [-0.15, -0.1) is 0 Å². The van der Waals surface area contributed by atoms with Gasteiger partial charge in [-0.3, -0.25) is 9.88 Å². The van der Waals surface area contributed by atoms with Gasteiger partial charge in [-0.05, 0) is 82.4 Å². The number of benzene rings is 1. The zero-order valence-electron chi connectivity index (χ0n) is 16.4. The van der Waals surface area contributed by atoms with E-state index >= 15 is 0 Å². The van der Waals surface area contributed by atoms with Gasteiger partial charge in [0.25, 0.3) is 0 Å². The van der Waals surface area contributed by atoms with Crippen LogP contribution in [0.2, 0.25) is 0 Å². The van der Waals surface area contributed by atoms with E-state index in [1.165, 1.54) is 53.7 Å². The molecule has 4 heteroatoms. The number of piperidine rings is 3. The first kappa shape index (κ1) is 16.8. The van der Waals surface area contributed by atoms with Crippen molar-refractivity contribution in [2.45, 2.75) is 45.7 Å². The molecule has 3 aliphatic rings. The molecule has 3 aliphatic heterocycles. The van der Waals surface area contributed by atoms with Gasteiger partial charge >= 0.3 is 0 Å². The maximum atomic E-state index is 4.76. The van der Waals surface area contributed by atoms with E-state index in [1.807, 2.05) is 6.20 Å². The van der Waals surface area contributed by atoms with Crippen LogP contribution >= 0.6 is 0 Å². The van der Waals surface area contributed by atoms with Crippen molar-refractivity contribution >= 4 is 16.6 Å². The summed E-state index contributed by atoms with van der Waals surface area (Å²) < 4.78 is 0. The van der Waals surface area contributed by atoms with Gasteiger partial charge in [0.2, 0.25) is 0 Å². The molecule has 2 bridgehead atoms. The number of hydrogen-bond acceptors (Lipinski definition) is 3. The Kier molecular flexibility index (Phi) is 3.97. The van der Waals surface area contributed by atoms with Gasteiger partial charge in [0.1, 0.15) is 0 Å². The topological polar surface area (TPSA) is 44.0 Å². The average molecular weight is 361 g/mol. The van der Waals surface area contributed by atoms with Crippen LogP contribution in [0, 0.1) is 19.8 Å². The first-order valence-electron chi connectivity index (χ1n) is 10.2. The van der Waals surface area contributed by atoms with Crippen molar-refractivity contribution in [3.05, 3.63) is 47.8 Å². The third-order valence-corrected chi connectivity index (χ3v) is 6.88. The molecule has 0 amide bonds. The smallest absolute Gasteiger partial charge is 0.0703 e. The highest BCUT2D eigenvalue weighted by atomic mass is 15.2. The number of H-pyrrole nitrogens is 1. The number of aromatic nitrogens is 2. The third kappa shape index (κ3) is 2.83. The summed E-state index contributed by atoms with van der Waals surface area (Å²) >= 11 is 0. The Morgan fingerprint density at radius 3 is 2.63 bits per heavy atom. The highest BCUT2D eigenvalue weighted by Crippen LogP contribution is 2.34. The van der Waals surface area contributed by atoms with Crippen LogP contribution in [0.4, 0.5) is 5.69 Å².